The lowest BCUT2D eigenvalue weighted by atomic mass is 10.2. The summed E-state index contributed by atoms with van der Waals surface area (Å²) < 4.78 is 11.1. The van der Waals surface area contributed by atoms with Crippen LogP contribution in [-0.4, -0.2) is 63.5 Å². The molecule has 0 radical (unpaired) electrons. The van der Waals surface area contributed by atoms with E-state index in [2.05, 4.69) is 0 Å². The van der Waals surface area contributed by atoms with Gasteiger partial charge >= 0.3 is 0 Å². The minimum Gasteiger partial charge on any atom is -0.339 e. The van der Waals surface area contributed by atoms with Crippen molar-refractivity contribution in [3.63, 3.8) is 0 Å². The highest BCUT2D eigenvalue weighted by Crippen LogP contribution is 2.23. The summed E-state index contributed by atoms with van der Waals surface area (Å²) in [5, 5.41) is 0. The first-order valence-electron chi connectivity index (χ1n) is 5.98. The SMILES string of the molecule is CS(=O)CCN1CCC(=O)N2CCCC2C1=O. The summed E-state index contributed by atoms with van der Waals surface area (Å²) in [6.07, 6.45) is 3.72. The second kappa shape index (κ2) is 5.16. The zero-order valence-corrected chi connectivity index (χ0v) is 10.9. The van der Waals surface area contributed by atoms with Gasteiger partial charge in [-0.15, -0.1) is 0 Å². The Balaban J connectivity index is 2.06. The molecule has 2 fully saturated rings. The largest absolute Gasteiger partial charge is 0.339 e. The van der Waals surface area contributed by atoms with E-state index in [1.165, 1.54) is 0 Å². The zero-order valence-electron chi connectivity index (χ0n) is 10.1. The van der Waals surface area contributed by atoms with Crippen LogP contribution in [0.4, 0.5) is 0 Å². The minimum atomic E-state index is -0.895. The number of carbonyl (C=O) groups is 2. The summed E-state index contributed by atoms with van der Waals surface area (Å²) in [5.41, 5.74) is 0. The van der Waals surface area contributed by atoms with Gasteiger partial charge in [-0.25, -0.2) is 0 Å². The summed E-state index contributed by atoms with van der Waals surface area (Å²) in [4.78, 5) is 27.4. The number of nitrogens with zero attached hydrogens (tertiary/aromatic N) is 2. The van der Waals surface area contributed by atoms with Crippen molar-refractivity contribution in [2.75, 3.05) is 31.6 Å². The molecule has 2 aliphatic rings. The van der Waals surface area contributed by atoms with E-state index in [0.717, 1.165) is 12.8 Å². The molecule has 17 heavy (non-hydrogen) atoms. The van der Waals surface area contributed by atoms with E-state index in [-0.39, 0.29) is 17.9 Å². The summed E-state index contributed by atoms with van der Waals surface area (Å²) in [6, 6.07) is -0.254. The Bertz CT molecular complexity index is 357. The lowest BCUT2D eigenvalue weighted by molar-refractivity contribution is -0.139. The first-order valence-corrected chi connectivity index (χ1v) is 7.70. The topological polar surface area (TPSA) is 57.7 Å². The maximum atomic E-state index is 12.2. The fraction of sp³-hybridized carbons (Fsp3) is 0.818. The first-order chi connectivity index (χ1) is 8.09. The van der Waals surface area contributed by atoms with Gasteiger partial charge in [-0.3, -0.25) is 13.8 Å². The predicted octanol–water partition coefficient (Wildman–Crippen LogP) is -0.412. The van der Waals surface area contributed by atoms with Gasteiger partial charge in [-0.05, 0) is 12.8 Å². The van der Waals surface area contributed by atoms with Gasteiger partial charge in [0, 0.05) is 48.9 Å². The molecule has 0 aliphatic carbocycles. The maximum Gasteiger partial charge on any atom is 0.245 e. The van der Waals surface area contributed by atoms with Crippen molar-refractivity contribution in [2.24, 2.45) is 0 Å². The Morgan fingerprint density at radius 2 is 2.12 bits per heavy atom. The van der Waals surface area contributed by atoms with Crippen LogP contribution in [0.15, 0.2) is 0 Å². The van der Waals surface area contributed by atoms with Gasteiger partial charge in [0.15, 0.2) is 0 Å². The molecular weight excluding hydrogens is 240 g/mol. The molecule has 5 nitrogen and oxygen atoms in total. The molecule has 0 saturated carbocycles. The maximum absolute atomic E-state index is 12.2. The summed E-state index contributed by atoms with van der Waals surface area (Å²) in [6.45, 7) is 1.68. The third-order valence-corrected chi connectivity index (χ3v) is 4.17. The van der Waals surface area contributed by atoms with Crippen molar-refractivity contribution in [1.82, 2.24) is 9.80 Å². The van der Waals surface area contributed by atoms with E-state index in [9.17, 15) is 13.8 Å². The van der Waals surface area contributed by atoms with Gasteiger partial charge in [0.05, 0.1) is 0 Å². The molecule has 0 N–H and O–H groups in total. The van der Waals surface area contributed by atoms with Crippen molar-refractivity contribution in [3.05, 3.63) is 0 Å². The lowest BCUT2D eigenvalue weighted by Gasteiger charge is -2.24. The highest BCUT2D eigenvalue weighted by atomic mass is 32.2. The van der Waals surface area contributed by atoms with Crippen LogP contribution < -0.4 is 0 Å². The van der Waals surface area contributed by atoms with Gasteiger partial charge in [0.1, 0.15) is 6.04 Å². The van der Waals surface area contributed by atoms with Crippen molar-refractivity contribution in [1.29, 1.82) is 0 Å². The minimum absolute atomic E-state index is 0.0406. The van der Waals surface area contributed by atoms with Gasteiger partial charge in [0.25, 0.3) is 0 Å². The van der Waals surface area contributed by atoms with Crippen LogP contribution in [0.5, 0.6) is 0 Å². The molecule has 96 valence electrons. The summed E-state index contributed by atoms with van der Waals surface area (Å²) >= 11 is 0. The normalized spacial score (nSPS) is 27.0. The Hall–Kier alpha value is -0.910. The zero-order chi connectivity index (χ0) is 12.4. The standard InChI is InChI=1S/C11H18N2O3S/c1-17(16)8-7-12-6-4-10(14)13-5-2-3-9(13)11(12)15/h9H,2-8H2,1H3. The van der Waals surface area contributed by atoms with E-state index in [1.54, 1.807) is 16.1 Å². The van der Waals surface area contributed by atoms with Crippen molar-refractivity contribution in [3.8, 4) is 0 Å². The summed E-state index contributed by atoms with van der Waals surface area (Å²) in [7, 11) is -0.895. The predicted molar refractivity (Wildman–Crippen MR) is 64.9 cm³/mol. The molecule has 0 aromatic rings. The van der Waals surface area contributed by atoms with E-state index in [1.807, 2.05) is 0 Å². The molecule has 0 aromatic heterocycles. The molecule has 2 rings (SSSR count). The molecule has 2 atom stereocenters. The highest BCUT2D eigenvalue weighted by molar-refractivity contribution is 7.84. The molecule has 0 spiro atoms. The van der Waals surface area contributed by atoms with Crippen LogP contribution in [0.25, 0.3) is 0 Å². The van der Waals surface area contributed by atoms with Crippen molar-refractivity contribution in [2.45, 2.75) is 25.3 Å². The molecule has 0 aromatic carbocycles. The smallest absolute Gasteiger partial charge is 0.245 e. The number of hydrogen-bond donors (Lipinski definition) is 0. The van der Waals surface area contributed by atoms with Crippen molar-refractivity contribution >= 4 is 22.6 Å². The van der Waals surface area contributed by atoms with Gasteiger partial charge in [-0.2, -0.15) is 0 Å². The first kappa shape index (κ1) is 12.5. The molecule has 0 bridgehead atoms. The van der Waals surface area contributed by atoms with Crippen LogP contribution in [0, 0.1) is 0 Å². The Morgan fingerprint density at radius 1 is 1.35 bits per heavy atom. The molecular formula is C11H18N2O3S. The fourth-order valence-corrected chi connectivity index (χ4v) is 2.96. The van der Waals surface area contributed by atoms with E-state index in [0.29, 0.717) is 31.8 Å². The molecule has 6 heteroatoms. The van der Waals surface area contributed by atoms with E-state index in [4.69, 9.17) is 0 Å². The number of carbonyl (C=O) groups excluding carboxylic acids is 2. The third-order valence-electron chi connectivity index (χ3n) is 3.41. The Labute approximate surface area is 104 Å². The highest BCUT2D eigenvalue weighted by Gasteiger charge is 2.38. The van der Waals surface area contributed by atoms with Gasteiger partial charge in [-0.1, -0.05) is 0 Å². The van der Waals surface area contributed by atoms with Crippen molar-refractivity contribution < 1.29 is 13.8 Å². The van der Waals surface area contributed by atoms with Gasteiger partial charge < -0.3 is 9.80 Å². The second-order valence-electron chi connectivity index (χ2n) is 4.60. The van der Waals surface area contributed by atoms with Crippen LogP contribution in [-0.2, 0) is 20.4 Å². The molecule has 2 heterocycles. The van der Waals surface area contributed by atoms with Crippen LogP contribution >= 0.6 is 0 Å². The molecule has 2 aliphatic heterocycles. The second-order valence-corrected chi connectivity index (χ2v) is 6.15. The average molecular weight is 258 g/mol. The number of hydrogen-bond acceptors (Lipinski definition) is 3. The van der Waals surface area contributed by atoms with E-state index < -0.39 is 10.8 Å². The summed E-state index contributed by atoms with van der Waals surface area (Å²) in [5.74, 6) is 0.617. The van der Waals surface area contributed by atoms with Gasteiger partial charge in [0.2, 0.25) is 11.8 Å². The number of amides is 2. The monoisotopic (exact) mass is 258 g/mol. The molecule has 2 unspecified atom stereocenters. The quantitative estimate of drug-likeness (QED) is 0.691. The van der Waals surface area contributed by atoms with Crippen LogP contribution in [0.1, 0.15) is 19.3 Å². The molecule has 2 saturated heterocycles. The Kier molecular flexibility index (Phi) is 3.81. The van der Waals surface area contributed by atoms with Crippen LogP contribution in [0.2, 0.25) is 0 Å². The Morgan fingerprint density at radius 3 is 2.82 bits per heavy atom. The molecule has 2 amide bonds. The fourth-order valence-electron chi connectivity index (χ4n) is 2.48. The third kappa shape index (κ3) is 2.68. The van der Waals surface area contributed by atoms with E-state index >= 15 is 0 Å². The lowest BCUT2D eigenvalue weighted by Crippen LogP contribution is -2.44. The number of fused-ring (bicyclic) bond motifs is 1. The van der Waals surface area contributed by atoms with Crippen LogP contribution in [0.3, 0.4) is 0 Å². The number of rotatable bonds is 3. The average Bonchev–Trinajstić information content (AvgIpc) is 2.72.